The average molecular weight is 259 g/mol. The maximum Gasteiger partial charge on any atom is 0.513 e. The van der Waals surface area contributed by atoms with Crippen molar-refractivity contribution >= 4 is 18.4 Å². The van der Waals surface area contributed by atoms with Crippen molar-refractivity contribution in [1.82, 2.24) is 0 Å². The first-order valence-electron chi connectivity index (χ1n) is 5.47. The van der Waals surface area contributed by atoms with E-state index in [-0.39, 0.29) is 18.8 Å². The summed E-state index contributed by atoms with van der Waals surface area (Å²) in [5, 5.41) is 0. The van der Waals surface area contributed by atoms with Crippen LogP contribution in [-0.2, 0) is 22.4 Å². The van der Waals surface area contributed by atoms with E-state index in [2.05, 4.69) is 4.74 Å². The molecule has 1 aromatic rings. The van der Waals surface area contributed by atoms with Crippen LogP contribution in [0.5, 0.6) is 5.75 Å². The topological polar surface area (TPSA) is 35.5 Å². The summed E-state index contributed by atoms with van der Waals surface area (Å²) in [6, 6.07) is 2.55. The molecule has 0 aliphatic carbocycles. The van der Waals surface area contributed by atoms with Crippen molar-refractivity contribution in [2.24, 2.45) is 0 Å². The van der Waals surface area contributed by atoms with Crippen molar-refractivity contribution in [3.63, 3.8) is 0 Å². The van der Waals surface area contributed by atoms with E-state index < -0.39 is 18.4 Å². The fourth-order valence-corrected chi connectivity index (χ4v) is 1.99. The fraction of sp³-hybridized carbons (Fsp3) is 0.364. The van der Waals surface area contributed by atoms with Crippen LogP contribution in [-0.4, -0.2) is 26.7 Å². The maximum absolute atomic E-state index is 12.9. The summed E-state index contributed by atoms with van der Waals surface area (Å²) >= 11 is 0. The highest BCUT2D eigenvalue weighted by Crippen LogP contribution is 2.28. The minimum atomic E-state index is -5.15. The molecule has 0 N–H and O–H groups in total. The van der Waals surface area contributed by atoms with Gasteiger partial charge in [-0.2, -0.15) is 0 Å². The Morgan fingerprint density at radius 3 is 2.78 bits per heavy atom. The molecular weight excluding hydrogens is 248 g/mol. The van der Waals surface area contributed by atoms with Crippen LogP contribution in [0.25, 0.3) is 0 Å². The Morgan fingerprint density at radius 1 is 1.44 bits per heavy atom. The molecule has 0 atom stereocenters. The highest BCUT2D eigenvalue weighted by atomic mass is 19.4. The van der Waals surface area contributed by atoms with E-state index in [1.807, 2.05) is 0 Å². The zero-order valence-electron chi connectivity index (χ0n) is 9.71. The van der Waals surface area contributed by atoms with E-state index in [1.165, 1.54) is 7.11 Å². The van der Waals surface area contributed by atoms with E-state index in [0.29, 0.717) is 17.5 Å². The maximum atomic E-state index is 12.9. The number of carbonyl (C=O) groups is 1. The van der Waals surface area contributed by atoms with Gasteiger partial charge in [0.15, 0.2) is 0 Å². The first-order chi connectivity index (χ1) is 8.41. The molecule has 0 radical (unpaired) electrons. The zero-order valence-corrected chi connectivity index (χ0v) is 9.71. The molecule has 1 aliphatic heterocycles. The molecule has 0 aromatic heterocycles. The van der Waals surface area contributed by atoms with Gasteiger partial charge in [0.05, 0.1) is 25.9 Å². The number of esters is 1. The second-order valence-electron chi connectivity index (χ2n) is 4.10. The lowest BCUT2D eigenvalue weighted by molar-refractivity contribution is -0.139. The molecule has 2 rings (SSSR count). The van der Waals surface area contributed by atoms with E-state index in [9.17, 15) is 17.7 Å². The van der Waals surface area contributed by atoms with Crippen LogP contribution in [0.1, 0.15) is 11.1 Å². The lowest BCUT2D eigenvalue weighted by Gasteiger charge is -2.19. The number of benzene rings is 1. The van der Waals surface area contributed by atoms with Gasteiger partial charge in [-0.15, -0.1) is 0 Å². The van der Waals surface area contributed by atoms with Crippen molar-refractivity contribution in [3.05, 3.63) is 23.3 Å². The Bertz CT molecular complexity index is 485. The van der Waals surface area contributed by atoms with Gasteiger partial charge >= 0.3 is 12.9 Å². The van der Waals surface area contributed by atoms with Gasteiger partial charge in [0.1, 0.15) is 0 Å². The number of halogens is 3. The molecule has 18 heavy (non-hydrogen) atoms. The quantitative estimate of drug-likeness (QED) is 0.607. The van der Waals surface area contributed by atoms with E-state index in [1.54, 1.807) is 6.07 Å². The van der Waals surface area contributed by atoms with Crippen LogP contribution in [0.3, 0.4) is 0 Å². The van der Waals surface area contributed by atoms with Crippen LogP contribution in [0.4, 0.5) is 12.9 Å². The fourth-order valence-electron chi connectivity index (χ4n) is 1.99. The molecule has 98 valence electrons. The van der Waals surface area contributed by atoms with E-state index in [4.69, 9.17) is 4.74 Å². The van der Waals surface area contributed by atoms with Crippen LogP contribution in [0.15, 0.2) is 12.1 Å². The molecule has 1 aliphatic rings. The number of carbonyl (C=O) groups excluding carboxylic acids is 1. The van der Waals surface area contributed by atoms with Gasteiger partial charge in [0, 0.05) is 6.42 Å². The Balaban J connectivity index is 2.43. The summed E-state index contributed by atoms with van der Waals surface area (Å²) in [5.74, 6) is -0.648. The van der Waals surface area contributed by atoms with Gasteiger partial charge in [-0.3, -0.25) is 4.79 Å². The molecule has 0 bridgehead atoms. The Morgan fingerprint density at radius 2 is 2.17 bits per heavy atom. The second kappa shape index (κ2) is 4.55. The molecule has 0 amide bonds. The third kappa shape index (κ3) is 2.44. The largest absolute Gasteiger partial charge is 0.513 e. The lowest BCUT2D eigenvalue weighted by atomic mass is 9.77. The molecule has 0 spiro atoms. The summed E-state index contributed by atoms with van der Waals surface area (Å²) in [4.78, 5) is 11.1. The lowest BCUT2D eigenvalue weighted by Crippen LogP contribution is -2.35. The molecular formula is C11H11BF3O3-. The molecule has 0 unspecified atom stereocenters. The minimum absolute atomic E-state index is 0.0869. The molecule has 3 nitrogen and oxygen atoms in total. The third-order valence-electron chi connectivity index (χ3n) is 2.80. The number of rotatable bonds is 3. The van der Waals surface area contributed by atoms with Crippen molar-refractivity contribution in [2.45, 2.75) is 12.8 Å². The summed E-state index contributed by atoms with van der Waals surface area (Å²) in [6.07, 6.45) is 0.270. The molecule has 1 heterocycles. The summed E-state index contributed by atoms with van der Waals surface area (Å²) < 4.78 is 48.2. The highest BCUT2D eigenvalue weighted by molar-refractivity contribution is 6.74. The smallest absolute Gasteiger partial charge is 0.496 e. The van der Waals surface area contributed by atoms with Gasteiger partial charge in [-0.05, 0) is 11.1 Å². The molecule has 1 aromatic carbocycles. The number of hydrogen-bond acceptors (Lipinski definition) is 3. The van der Waals surface area contributed by atoms with Crippen LogP contribution < -0.4 is 10.2 Å². The Kier molecular flexibility index (Phi) is 3.23. The van der Waals surface area contributed by atoms with Gasteiger partial charge < -0.3 is 22.4 Å². The standard InChI is InChI=1S/C11H11BF3O3/c1-17-10(16)6-7-4-8-2-3-18-11(8)9(5-7)12(13,14)15/h4-5H,2-3,6H2,1H3/q-1. The second-order valence-corrected chi connectivity index (χ2v) is 4.10. The van der Waals surface area contributed by atoms with Crippen molar-refractivity contribution in [3.8, 4) is 5.75 Å². The molecule has 0 fully saturated rings. The van der Waals surface area contributed by atoms with Gasteiger partial charge in [-0.1, -0.05) is 17.6 Å². The first kappa shape index (κ1) is 12.8. The number of ether oxygens (including phenoxy) is 2. The van der Waals surface area contributed by atoms with Crippen molar-refractivity contribution < 1.29 is 27.2 Å². The number of hydrogen-bond donors (Lipinski definition) is 0. The predicted molar refractivity (Wildman–Crippen MR) is 60.1 cm³/mol. The molecule has 0 saturated carbocycles. The summed E-state index contributed by atoms with van der Waals surface area (Å²) in [7, 11) is 1.20. The third-order valence-corrected chi connectivity index (χ3v) is 2.80. The van der Waals surface area contributed by atoms with E-state index >= 15 is 0 Å². The minimum Gasteiger partial charge on any atom is -0.496 e. The molecule has 0 saturated heterocycles. The van der Waals surface area contributed by atoms with Crippen molar-refractivity contribution in [2.75, 3.05) is 13.7 Å². The normalized spacial score (nSPS) is 14.0. The van der Waals surface area contributed by atoms with Crippen LogP contribution in [0, 0.1) is 0 Å². The molecule has 7 heteroatoms. The van der Waals surface area contributed by atoms with E-state index in [0.717, 1.165) is 6.07 Å². The first-order valence-corrected chi connectivity index (χ1v) is 5.47. The zero-order chi connectivity index (χ0) is 13.3. The predicted octanol–water partition coefficient (Wildman–Crippen LogP) is 1.39. The van der Waals surface area contributed by atoms with Gasteiger partial charge in [0.2, 0.25) is 0 Å². The Hall–Kier alpha value is -1.66. The SMILES string of the molecule is COC(=O)Cc1cc2c(c([B-](F)(F)F)c1)OCC2. The van der Waals surface area contributed by atoms with Crippen LogP contribution in [0.2, 0.25) is 0 Å². The number of fused-ring (bicyclic) bond motifs is 1. The monoisotopic (exact) mass is 259 g/mol. The van der Waals surface area contributed by atoms with Gasteiger partial charge in [0.25, 0.3) is 0 Å². The highest BCUT2D eigenvalue weighted by Gasteiger charge is 2.32. The summed E-state index contributed by atoms with van der Waals surface area (Å²) in [6.45, 7) is -4.90. The van der Waals surface area contributed by atoms with Crippen molar-refractivity contribution in [1.29, 1.82) is 0 Å². The average Bonchev–Trinajstić information content (AvgIpc) is 2.74. The summed E-state index contributed by atoms with van der Waals surface area (Å²) in [5.41, 5.74) is 0.0507. The van der Waals surface area contributed by atoms with Gasteiger partial charge in [-0.25, -0.2) is 0 Å². The number of methoxy groups -OCH3 is 1. The Labute approximate surface area is 102 Å². The van der Waals surface area contributed by atoms with Crippen LogP contribution >= 0.6 is 0 Å².